The molecule has 64 valence electrons. The van der Waals surface area contributed by atoms with Crippen LogP contribution in [0.25, 0.3) is 12.3 Å². The second-order valence-electron chi connectivity index (χ2n) is 2.52. The van der Waals surface area contributed by atoms with Crippen LogP contribution in [0.2, 0.25) is 0 Å². The average Bonchev–Trinajstić information content (AvgIpc) is 2.69. The third kappa shape index (κ3) is 1.99. The number of benzene rings is 1. The molecule has 1 aromatic carbocycles. The SMILES string of the molecule is C(=Cn1cnnn1)c1ccccc1. The molecule has 13 heavy (non-hydrogen) atoms. The molecule has 0 unspecified atom stereocenters. The van der Waals surface area contributed by atoms with Crippen molar-refractivity contribution in [3.8, 4) is 0 Å². The zero-order chi connectivity index (χ0) is 8.93. The number of aromatic nitrogens is 4. The molecule has 0 amide bonds. The summed E-state index contributed by atoms with van der Waals surface area (Å²) in [6.45, 7) is 0. The lowest BCUT2D eigenvalue weighted by Gasteiger charge is -1.90. The van der Waals surface area contributed by atoms with Crippen LogP contribution in [-0.4, -0.2) is 20.2 Å². The van der Waals surface area contributed by atoms with Gasteiger partial charge in [0.2, 0.25) is 0 Å². The van der Waals surface area contributed by atoms with E-state index in [4.69, 9.17) is 0 Å². The van der Waals surface area contributed by atoms with Crippen LogP contribution in [0, 0.1) is 0 Å². The standard InChI is InChI=1S/C9H8N4/c1-2-4-9(5-3-1)6-7-13-8-10-11-12-13/h1-8H. The van der Waals surface area contributed by atoms with Crippen LogP contribution >= 0.6 is 0 Å². The Balaban J connectivity index is 2.15. The first-order valence-corrected chi connectivity index (χ1v) is 3.91. The fourth-order valence-electron chi connectivity index (χ4n) is 0.963. The quantitative estimate of drug-likeness (QED) is 0.685. The highest BCUT2D eigenvalue weighted by molar-refractivity contribution is 5.59. The zero-order valence-electron chi connectivity index (χ0n) is 6.91. The van der Waals surface area contributed by atoms with Gasteiger partial charge >= 0.3 is 0 Å². The van der Waals surface area contributed by atoms with E-state index in [1.54, 1.807) is 17.2 Å². The van der Waals surface area contributed by atoms with Gasteiger partial charge in [0.05, 0.1) is 0 Å². The first kappa shape index (κ1) is 7.67. The van der Waals surface area contributed by atoms with Gasteiger partial charge in [-0.1, -0.05) is 30.3 Å². The molecule has 0 aliphatic heterocycles. The van der Waals surface area contributed by atoms with Crippen molar-refractivity contribution in [2.75, 3.05) is 0 Å². The fourth-order valence-corrected chi connectivity index (χ4v) is 0.963. The van der Waals surface area contributed by atoms with Crippen molar-refractivity contribution in [2.45, 2.75) is 0 Å². The molecule has 4 heteroatoms. The van der Waals surface area contributed by atoms with Crippen LogP contribution in [0.4, 0.5) is 0 Å². The summed E-state index contributed by atoms with van der Waals surface area (Å²) >= 11 is 0. The maximum absolute atomic E-state index is 3.70. The molecule has 0 fully saturated rings. The molecule has 1 heterocycles. The molecule has 2 aromatic rings. The summed E-state index contributed by atoms with van der Waals surface area (Å²) < 4.78 is 1.55. The Morgan fingerprint density at radius 3 is 2.69 bits per heavy atom. The predicted octanol–water partition coefficient (Wildman–Crippen LogP) is 1.30. The second kappa shape index (κ2) is 3.62. The average molecular weight is 172 g/mol. The Bertz CT molecular complexity index is 377. The van der Waals surface area contributed by atoms with Crippen LogP contribution in [0.1, 0.15) is 5.56 Å². The lowest BCUT2D eigenvalue weighted by atomic mass is 10.2. The molecule has 0 aliphatic rings. The van der Waals surface area contributed by atoms with Crippen LogP contribution in [0.15, 0.2) is 36.7 Å². The van der Waals surface area contributed by atoms with Crippen molar-refractivity contribution in [1.82, 2.24) is 20.2 Å². The summed E-state index contributed by atoms with van der Waals surface area (Å²) in [5, 5.41) is 10.7. The molecule has 0 atom stereocenters. The van der Waals surface area contributed by atoms with E-state index < -0.39 is 0 Å². The van der Waals surface area contributed by atoms with Crippen molar-refractivity contribution in [3.63, 3.8) is 0 Å². The van der Waals surface area contributed by atoms with E-state index in [1.165, 1.54) is 0 Å². The van der Waals surface area contributed by atoms with E-state index in [9.17, 15) is 0 Å². The van der Waals surface area contributed by atoms with Crippen LogP contribution in [0.5, 0.6) is 0 Å². The molecule has 0 spiro atoms. The summed E-state index contributed by atoms with van der Waals surface area (Å²) in [6, 6.07) is 9.98. The third-order valence-corrected chi connectivity index (χ3v) is 1.58. The van der Waals surface area contributed by atoms with Gasteiger partial charge in [-0.15, -0.1) is 5.10 Å². The van der Waals surface area contributed by atoms with Gasteiger partial charge in [0.15, 0.2) is 0 Å². The number of hydrogen-bond acceptors (Lipinski definition) is 3. The summed E-state index contributed by atoms with van der Waals surface area (Å²) in [5.74, 6) is 0. The van der Waals surface area contributed by atoms with Crippen molar-refractivity contribution in [1.29, 1.82) is 0 Å². The first-order valence-electron chi connectivity index (χ1n) is 3.91. The minimum atomic E-state index is 1.12. The highest BCUT2D eigenvalue weighted by Gasteiger charge is 1.85. The Morgan fingerprint density at radius 1 is 1.15 bits per heavy atom. The maximum Gasteiger partial charge on any atom is 0.143 e. The Labute approximate surface area is 75.5 Å². The number of hydrogen-bond donors (Lipinski definition) is 0. The van der Waals surface area contributed by atoms with Crippen LogP contribution in [0.3, 0.4) is 0 Å². The maximum atomic E-state index is 3.70. The van der Waals surface area contributed by atoms with Gasteiger partial charge in [0.1, 0.15) is 6.33 Å². The molecule has 2 rings (SSSR count). The van der Waals surface area contributed by atoms with E-state index in [0.717, 1.165) is 5.56 Å². The molecular formula is C9H8N4. The molecule has 0 bridgehead atoms. The second-order valence-corrected chi connectivity index (χ2v) is 2.52. The highest BCUT2D eigenvalue weighted by Crippen LogP contribution is 2.01. The Morgan fingerprint density at radius 2 is 2.00 bits per heavy atom. The Hall–Kier alpha value is -1.97. The minimum absolute atomic E-state index is 1.12. The molecule has 0 aliphatic carbocycles. The van der Waals surface area contributed by atoms with Gasteiger partial charge in [0.25, 0.3) is 0 Å². The van der Waals surface area contributed by atoms with Crippen LogP contribution in [-0.2, 0) is 0 Å². The van der Waals surface area contributed by atoms with Crippen molar-refractivity contribution >= 4 is 12.3 Å². The highest BCUT2D eigenvalue weighted by atomic mass is 15.5. The molecule has 0 saturated carbocycles. The Kier molecular flexibility index (Phi) is 2.14. The molecular weight excluding hydrogens is 164 g/mol. The third-order valence-electron chi connectivity index (χ3n) is 1.58. The van der Waals surface area contributed by atoms with E-state index in [2.05, 4.69) is 15.5 Å². The topological polar surface area (TPSA) is 43.6 Å². The van der Waals surface area contributed by atoms with E-state index >= 15 is 0 Å². The van der Waals surface area contributed by atoms with E-state index in [1.807, 2.05) is 36.4 Å². The predicted molar refractivity (Wildman–Crippen MR) is 49.5 cm³/mol. The van der Waals surface area contributed by atoms with Crippen molar-refractivity contribution < 1.29 is 0 Å². The van der Waals surface area contributed by atoms with E-state index in [0.29, 0.717) is 0 Å². The smallest absolute Gasteiger partial charge is 0.143 e. The molecule has 0 radical (unpaired) electrons. The monoisotopic (exact) mass is 172 g/mol. The molecule has 1 aromatic heterocycles. The normalized spacial score (nSPS) is 10.8. The van der Waals surface area contributed by atoms with Crippen LogP contribution < -0.4 is 0 Å². The minimum Gasteiger partial charge on any atom is -0.208 e. The summed E-state index contributed by atoms with van der Waals surface area (Å²) in [7, 11) is 0. The summed E-state index contributed by atoms with van der Waals surface area (Å²) in [4.78, 5) is 0. The molecule has 4 nitrogen and oxygen atoms in total. The fraction of sp³-hybridized carbons (Fsp3) is 0. The van der Waals surface area contributed by atoms with E-state index in [-0.39, 0.29) is 0 Å². The molecule has 0 N–H and O–H groups in total. The lowest BCUT2D eigenvalue weighted by molar-refractivity contribution is 0.820. The zero-order valence-corrected chi connectivity index (χ0v) is 6.91. The number of tetrazole rings is 1. The summed E-state index contributed by atoms with van der Waals surface area (Å²) in [5.41, 5.74) is 1.12. The van der Waals surface area contributed by atoms with Gasteiger partial charge in [-0.3, -0.25) is 0 Å². The van der Waals surface area contributed by atoms with Gasteiger partial charge in [-0.25, -0.2) is 4.68 Å². The largest absolute Gasteiger partial charge is 0.208 e. The number of rotatable bonds is 2. The van der Waals surface area contributed by atoms with Gasteiger partial charge < -0.3 is 0 Å². The van der Waals surface area contributed by atoms with Crippen molar-refractivity contribution in [3.05, 3.63) is 42.2 Å². The number of nitrogens with zero attached hydrogens (tertiary/aromatic N) is 4. The van der Waals surface area contributed by atoms with Gasteiger partial charge in [-0.05, 0) is 22.1 Å². The lowest BCUT2D eigenvalue weighted by Crippen LogP contribution is -1.85. The first-order chi connectivity index (χ1) is 6.45. The van der Waals surface area contributed by atoms with Gasteiger partial charge in [0, 0.05) is 6.20 Å². The summed E-state index contributed by atoms with van der Waals surface area (Å²) in [6.07, 6.45) is 5.28. The van der Waals surface area contributed by atoms with Crippen molar-refractivity contribution in [2.24, 2.45) is 0 Å². The van der Waals surface area contributed by atoms with Gasteiger partial charge in [-0.2, -0.15) is 0 Å². The molecule has 0 saturated heterocycles.